The minimum atomic E-state index is -4.92. The summed E-state index contributed by atoms with van der Waals surface area (Å²) in [5.74, 6) is -0.304. The molecule has 0 aliphatic carbocycles. The van der Waals surface area contributed by atoms with Gasteiger partial charge in [0, 0.05) is 5.56 Å². The van der Waals surface area contributed by atoms with E-state index < -0.39 is 29.8 Å². The van der Waals surface area contributed by atoms with Crippen LogP contribution < -0.4 is 10.1 Å². The van der Waals surface area contributed by atoms with Crippen LogP contribution in [0.15, 0.2) is 28.8 Å². The van der Waals surface area contributed by atoms with E-state index in [0.717, 1.165) is 6.07 Å². The van der Waals surface area contributed by atoms with E-state index in [-0.39, 0.29) is 17.3 Å². The Balaban J connectivity index is 2.43. The standard InChI is InChI=1S/C18H23F3N4O4/c1-17(2,3)28-16(26)23-14(15-22-13(29-24-15)10-25(4)5)11-8-6-7-9-12(11)27-18(19,20)21/h6-9,14H,10H2,1-5H3,(H,23,26)/t14-/m0/s1. The molecule has 1 heterocycles. The topological polar surface area (TPSA) is 89.7 Å². The SMILES string of the molecule is CN(C)Cc1nc([C@@H](NC(=O)OC(C)(C)C)c2ccccc2OC(F)(F)F)no1. The smallest absolute Gasteiger partial charge is 0.444 e. The van der Waals surface area contributed by atoms with Crippen molar-refractivity contribution in [1.29, 1.82) is 0 Å². The number of rotatable bonds is 6. The lowest BCUT2D eigenvalue weighted by molar-refractivity contribution is -0.275. The number of alkyl halides is 3. The maximum Gasteiger partial charge on any atom is 0.573 e. The maximum atomic E-state index is 12.8. The van der Waals surface area contributed by atoms with Crippen LogP contribution in [0.4, 0.5) is 18.0 Å². The molecule has 0 bridgehead atoms. The molecule has 160 valence electrons. The van der Waals surface area contributed by atoms with Gasteiger partial charge in [-0.25, -0.2) is 4.79 Å². The lowest BCUT2D eigenvalue weighted by Gasteiger charge is -2.23. The van der Waals surface area contributed by atoms with Gasteiger partial charge >= 0.3 is 12.5 Å². The third-order valence-electron chi connectivity index (χ3n) is 3.31. The van der Waals surface area contributed by atoms with Crippen LogP contribution in [-0.4, -0.2) is 47.2 Å². The van der Waals surface area contributed by atoms with Gasteiger partial charge in [-0.2, -0.15) is 4.98 Å². The number of hydrogen-bond acceptors (Lipinski definition) is 7. The molecule has 0 aliphatic heterocycles. The molecule has 1 atom stereocenters. The van der Waals surface area contributed by atoms with Crippen LogP contribution in [0.1, 0.15) is 44.1 Å². The van der Waals surface area contributed by atoms with Gasteiger partial charge in [-0.15, -0.1) is 13.2 Å². The monoisotopic (exact) mass is 416 g/mol. The average molecular weight is 416 g/mol. The van der Waals surface area contributed by atoms with Crippen LogP contribution in [0, 0.1) is 0 Å². The van der Waals surface area contributed by atoms with Gasteiger partial charge < -0.3 is 24.2 Å². The summed E-state index contributed by atoms with van der Waals surface area (Å²) in [5.41, 5.74) is -0.822. The summed E-state index contributed by atoms with van der Waals surface area (Å²) in [5, 5.41) is 6.31. The number of halogens is 3. The van der Waals surface area contributed by atoms with E-state index >= 15 is 0 Å². The van der Waals surface area contributed by atoms with Gasteiger partial charge in [0.05, 0.1) is 6.54 Å². The van der Waals surface area contributed by atoms with Crippen molar-refractivity contribution in [3.05, 3.63) is 41.5 Å². The Hall–Kier alpha value is -2.82. The molecule has 1 amide bonds. The Labute approximate surface area is 166 Å². The van der Waals surface area contributed by atoms with Crippen molar-refractivity contribution in [2.24, 2.45) is 0 Å². The first-order valence-electron chi connectivity index (χ1n) is 8.65. The highest BCUT2D eigenvalue weighted by molar-refractivity contribution is 5.69. The number of carbonyl (C=O) groups is 1. The molecule has 29 heavy (non-hydrogen) atoms. The fourth-order valence-corrected chi connectivity index (χ4v) is 2.36. The molecular weight excluding hydrogens is 393 g/mol. The molecule has 1 aromatic heterocycles. The lowest BCUT2D eigenvalue weighted by Crippen LogP contribution is -2.36. The number of nitrogens with zero attached hydrogens (tertiary/aromatic N) is 3. The number of para-hydroxylation sites is 1. The Morgan fingerprint density at radius 1 is 1.24 bits per heavy atom. The van der Waals surface area contributed by atoms with Crippen LogP contribution >= 0.6 is 0 Å². The van der Waals surface area contributed by atoms with Crippen molar-refractivity contribution in [2.45, 2.75) is 45.3 Å². The number of nitrogens with one attached hydrogen (secondary N) is 1. The van der Waals surface area contributed by atoms with E-state index in [0.29, 0.717) is 6.54 Å². The van der Waals surface area contributed by atoms with Crippen LogP contribution in [0.25, 0.3) is 0 Å². The van der Waals surface area contributed by atoms with Crippen LogP contribution in [0.3, 0.4) is 0 Å². The van der Waals surface area contributed by atoms with Gasteiger partial charge in [0.25, 0.3) is 0 Å². The van der Waals surface area contributed by atoms with Gasteiger partial charge in [-0.05, 0) is 40.9 Å². The fourth-order valence-electron chi connectivity index (χ4n) is 2.36. The molecule has 0 spiro atoms. The van der Waals surface area contributed by atoms with E-state index in [1.165, 1.54) is 18.2 Å². The minimum absolute atomic E-state index is 0.00659. The number of ether oxygens (including phenoxy) is 2. The van der Waals surface area contributed by atoms with E-state index in [2.05, 4.69) is 20.2 Å². The molecule has 2 aromatic rings. The summed E-state index contributed by atoms with van der Waals surface area (Å²) in [6, 6.07) is 4.19. The molecule has 8 nitrogen and oxygen atoms in total. The van der Waals surface area contributed by atoms with Gasteiger partial charge in [-0.1, -0.05) is 23.4 Å². The van der Waals surface area contributed by atoms with Crippen molar-refractivity contribution in [1.82, 2.24) is 20.4 Å². The second-order valence-corrected chi connectivity index (χ2v) is 7.45. The molecule has 0 aliphatic rings. The van der Waals surface area contributed by atoms with Gasteiger partial charge in [0.1, 0.15) is 17.4 Å². The highest BCUT2D eigenvalue weighted by Crippen LogP contribution is 2.33. The number of carbonyl (C=O) groups excluding carboxylic acids is 1. The van der Waals surface area contributed by atoms with Crippen molar-refractivity contribution < 1.29 is 32.0 Å². The third kappa shape index (κ3) is 7.26. The van der Waals surface area contributed by atoms with Crippen molar-refractivity contribution in [3.8, 4) is 5.75 Å². The molecule has 2 rings (SSSR count). The minimum Gasteiger partial charge on any atom is -0.444 e. The molecular formula is C18H23F3N4O4. The number of alkyl carbamates (subject to hydrolysis) is 1. The van der Waals surface area contributed by atoms with Gasteiger partial charge in [0.2, 0.25) is 5.89 Å². The van der Waals surface area contributed by atoms with E-state index in [1.807, 2.05) is 0 Å². The molecule has 11 heteroatoms. The normalized spacial score (nSPS) is 13.3. The summed E-state index contributed by atoms with van der Waals surface area (Å²) in [6.07, 6.45) is -5.77. The number of amides is 1. The predicted molar refractivity (Wildman–Crippen MR) is 96.0 cm³/mol. The largest absolute Gasteiger partial charge is 0.573 e. The number of hydrogen-bond donors (Lipinski definition) is 1. The highest BCUT2D eigenvalue weighted by Gasteiger charge is 2.35. The summed E-state index contributed by atoms with van der Waals surface area (Å²) in [6.45, 7) is 5.29. The van der Waals surface area contributed by atoms with Crippen molar-refractivity contribution in [2.75, 3.05) is 14.1 Å². The Morgan fingerprint density at radius 2 is 1.90 bits per heavy atom. The van der Waals surface area contributed by atoms with Crippen molar-refractivity contribution in [3.63, 3.8) is 0 Å². The second kappa shape index (κ2) is 8.68. The zero-order valence-electron chi connectivity index (χ0n) is 16.7. The van der Waals surface area contributed by atoms with Gasteiger partial charge in [0.15, 0.2) is 5.82 Å². The summed E-state index contributed by atoms with van der Waals surface area (Å²) >= 11 is 0. The molecule has 0 unspecified atom stereocenters. The molecule has 0 radical (unpaired) electrons. The molecule has 0 saturated heterocycles. The Kier molecular flexibility index (Phi) is 6.73. The zero-order chi connectivity index (χ0) is 21.8. The number of benzene rings is 1. The van der Waals surface area contributed by atoms with Crippen molar-refractivity contribution >= 4 is 6.09 Å². The fraction of sp³-hybridized carbons (Fsp3) is 0.500. The van der Waals surface area contributed by atoms with E-state index in [4.69, 9.17) is 9.26 Å². The molecule has 0 saturated carbocycles. The number of aromatic nitrogens is 2. The molecule has 1 N–H and O–H groups in total. The zero-order valence-corrected chi connectivity index (χ0v) is 16.7. The summed E-state index contributed by atoms with van der Waals surface area (Å²) in [4.78, 5) is 18.3. The van der Waals surface area contributed by atoms with Crippen LogP contribution in [0.2, 0.25) is 0 Å². The first-order valence-corrected chi connectivity index (χ1v) is 8.65. The molecule has 0 fully saturated rings. The Bertz CT molecular complexity index is 831. The van der Waals surface area contributed by atoms with Crippen LogP contribution in [-0.2, 0) is 11.3 Å². The highest BCUT2D eigenvalue weighted by atomic mass is 19.4. The average Bonchev–Trinajstić information content (AvgIpc) is 2.97. The maximum absolute atomic E-state index is 12.8. The first-order chi connectivity index (χ1) is 13.3. The first kappa shape index (κ1) is 22.5. The Morgan fingerprint density at radius 3 is 2.48 bits per heavy atom. The van der Waals surface area contributed by atoms with Gasteiger partial charge in [-0.3, -0.25) is 0 Å². The molecule has 1 aromatic carbocycles. The quantitative estimate of drug-likeness (QED) is 0.769. The summed E-state index contributed by atoms with van der Waals surface area (Å²) < 4.78 is 53.0. The van der Waals surface area contributed by atoms with Crippen LogP contribution in [0.5, 0.6) is 5.75 Å². The summed E-state index contributed by atoms with van der Waals surface area (Å²) in [7, 11) is 3.57. The van der Waals surface area contributed by atoms with E-state index in [1.54, 1.807) is 39.8 Å². The third-order valence-corrected chi connectivity index (χ3v) is 3.31. The predicted octanol–water partition coefficient (Wildman–Crippen LogP) is 3.64. The van der Waals surface area contributed by atoms with E-state index in [9.17, 15) is 18.0 Å². The lowest BCUT2D eigenvalue weighted by atomic mass is 10.1. The second-order valence-electron chi connectivity index (χ2n) is 7.45.